The fourth-order valence-corrected chi connectivity index (χ4v) is 14.2. The number of benzene rings is 4. The highest BCUT2D eigenvalue weighted by molar-refractivity contribution is 6.03. The number of phenolic OH excluding ortho intramolecular Hbond substituents is 1. The molecule has 25 heteroatoms. The van der Waals surface area contributed by atoms with Crippen LogP contribution in [0.3, 0.4) is 0 Å². The van der Waals surface area contributed by atoms with Crippen LogP contribution < -0.4 is 31.3 Å². The molecule has 14 N–H and O–H groups in total. The Bertz CT molecular complexity index is 3800. The van der Waals surface area contributed by atoms with Crippen LogP contribution in [-0.4, -0.2) is 194 Å². The maximum atomic E-state index is 15.6. The van der Waals surface area contributed by atoms with Crippen molar-refractivity contribution in [3.05, 3.63) is 106 Å². The number of hydrogen-bond donors (Lipinski definition) is 14. The number of carbonyl (C=O) groups excluding carboxylic acids is 7. The standard InChI is InChI=1S/C74H105N7O18/c1-18-36(6)29-40(10)98-48-23-26-50(39(9)32-48)45-21-24-49(37(7)30-45)46-22-25-51(38(8)31-46)64(90)75-56-43(13)60(86)68(99-97)78-67(93)59-63(89)73(16,35(4)5)44(14)81(59)69(94)57(53(83)19-2)76-65(91)58(62(88)61(87)52-27-28-54(84)42(12)41(52)11)77-70(95)72(15)33-47(82)34-80(72)71(96)74(17,55(85)20-3)79-66(56)92/h21-28,30-32,35-36,40,43-44,47,53,55-63,68,82-89,97H,18-20,29,33-34H2,1-17H3,(H,75,90)(H,76,91)(H,77,95)(H,78,93)(H,79,92)/t36?,40?,43?,44?,47-,53-,55-,56+,57+,58+,59+,60-,61+,62+,63-,68-,72+,73+,74+/m1/s1/i23D,26D,32D. The zero-order chi connectivity index (χ0) is 76.6. The van der Waals surface area contributed by atoms with Crippen LogP contribution in [0, 0.1) is 57.8 Å². The van der Waals surface area contributed by atoms with Gasteiger partial charge in [0.2, 0.25) is 29.5 Å². The Morgan fingerprint density at radius 1 is 0.758 bits per heavy atom. The Labute approximate surface area is 584 Å². The topological polar surface area (TPSA) is 387 Å². The zero-order valence-corrected chi connectivity index (χ0v) is 59.8. The lowest BCUT2D eigenvalue weighted by Crippen LogP contribution is -2.71. The van der Waals surface area contributed by atoms with Gasteiger partial charge in [-0.2, -0.15) is 0 Å². The summed E-state index contributed by atoms with van der Waals surface area (Å²) >= 11 is 0. The number of β-amino-alcohol motifs (C(OH)–C–C–N with tert-alkyl or cyclic N) is 1. The van der Waals surface area contributed by atoms with Gasteiger partial charge < -0.3 is 82.0 Å². The summed E-state index contributed by atoms with van der Waals surface area (Å²) in [6.07, 6.45) is -15.8. The molecule has 0 saturated carbocycles. The van der Waals surface area contributed by atoms with E-state index in [1.807, 2.05) is 19.9 Å². The van der Waals surface area contributed by atoms with E-state index in [2.05, 4.69) is 40.4 Å². The van der Waals surface area contributed by atoms with Crippen LogP contribution >= 0.6 is 0 Å². The molecule has 4 aromatic rings. The number of hydrogen-bond acceptors (Lipinski definition) is 18. The van der Waals surface area contributed by atoms with Crippen LogP contribution in [-0.2, 0) is 33.7 Å². The predicted molar refractivity (Wildman–Crippen MR) is 369 cm³/mol. The van der Waals surface area contributed by atoms with Crippen LogP contribution in [0.2, 0.25) is 0 Å². The number of fused-ring (bicyclic) bond motifs is 2. The first kappa shape index (κ1) is 74.1. The highest BCUT2D eigenvalue weighted by Gasteiger charge is 2.62. The van der Waals surface area contributed by atoms with E-state index in [0.29, 0.717) is 45.7 Å². The number of aliphatic hydroxyl groups is 7. The SMILES string of the molecule is [2H]c1c([2H])c(-c2ccc(-c3ccc(C(=O)N[C@@H]4C(=O)N[C@@](C)([C@H](O)CC)C(=O)N5C[C@H](O)C[C@@]5(C)C(=O)N[C@@H]([C@H](O)[C@@H](O)c5ccc(O)c(C)c5C)C(=O)N[C@@H]([C@H](O)CC)C(=O)N5C(C)[C@](C)(C(C)C)[C@H](O)[C@H]5C(=O)N[C@H](OO)[C@H](O)C4C)c(C)c3)c(C)c2)c(C)c([2H])c1OC(C)CC(C)CC. The van der Waals surface area contributed by atoms with E-state index >= 15 is 28.8 Å². The lowest BCUT2D eigenvalue weighted by Gasteiger charge is -2.43. The van der Waals surface area contributed by atoms with E-state index < -0.39 is 162 Å². The summed E-state index contributed by atoms with van der Waals surface area (Å²) in [5, 5.41) is 118. The molecule has 3 saturated heterocycles. The van der Waals surface area contributed by atoms with Crippen molar-refractivity contribution in [1.82, 2.24) is 36.4 Å². The number of carbonyl (C=O) groups is 7. The first-order valence-corrected chi connectivity index (χ1v) is 34.1. The average molecular weight is 1380 g/mol. The number of aliphatic hydroxyl groups excluding tert-OH is 7. The molecule has 7 amide bonds. The molecule has 19 atom stereocenters. The van der Waals surface area contributed by atoms with Gasteiger partial charge in [0.15, 0.2) is 6.23 Å². The fourth-order valence-electron chi connectivity index (χ4n) is 14.2. The van der Waals surface area contributed by atoms with Crippen molar-refractivity contribution < 1.29 is 93.4 Å². The Morgan fingerprint density at radius 2 is 1.39 bits per heavy atom. The van der Waals surface area contributed by atoms with Gasteiger partial charge in [-0.05, 0) is 173 Å². The van der Waals surface area contributed by atoms with Crippen molar-refractivity contribution in [2.75, 3.05) is 6.54 Å². The summed E-state index contributed by atoms with van der Waals surface area (Å²) in [5.74, 6) is -10.7. The van der Waals surface area contributed by atoms with Crippen LogP contribution in [0.25, 0.3) is 22.3 Å². The second-order valence-electron chi connectivity index (χ2n) is 28.5. The quantitative estimate of drug-likeness (QED) is 0.0462. The van der Waals surface area contributed by atoms with E-state index in [1.165, 1.54) is 66.7 Å². The normalized spacial score (nSPS) is 29.9. The molecule has 99 heavy (non-hydrogen) atoms. The summed E-state index contributed by atoms with van der Waals surface area (Å²) in [6, 6.07) is 2.69. The second kappa shape index (κ2) is 31.5. The van der Waals surface area contributed by atoms with E-state index in [0.717, 1.165) is 28.7 Å². The molecule has 4 unspecified atom stereocenters. The number of rotatable bonds is 18. The second-order valence-corrected chi connectivity index (χ2v) is 28.5. The fraction of sp³-hybridized carbons (Fsp3) is 0.581. The third-order valence-corrected chi connectivity index (χ3v) is 21.6. The number of aryl methyl sites for hydroxylation is 2. The van der Waals surface area contributed by atoms with Gasteiger partial charge in [0.1, 0.15) is 65.1 Å². The molecule has 0 aliphatic carbocycles. The minimum atomic E-state index is -2.54. The molecule has 25 nitrogen and oxygen atoms in total. The number of nitrogens with one attached hydrogen (secondary N) is 5. The molecular weight excluding hydrogens is 1270 g/mol. The van der Waals surface area contributed by atoms with E-state index in [4.69, 9.17) is 13.7 Å². The molecular formula is C74H105N7O18. The summed E-state index contributed by atoms with van der Waals surface area (Å²) in [7, 11) is 0. The molecule has 7 rings (SSSR count). The number of nitrogens with zero attached hydrogens (tertiary/aromatic N) is 2. The van der Waals surface area contributed by atoms with Crippen molar-refractivity contribution in [2.45, 2.75) is 246 Å². The van der Waals surface area contributed by atoms with Crippen LogP contribution in [0.1, 0.15) is 169 Å². The van der Waals surface area contributed by atoms with Crippen LogP contribution in [0.4, 0.5) is 0 Å². The largest absolute Gasteiger partial charge is 0.508 e. The number of phenols is 1. The van der Waals surface area contributed by atoms with Crippen LogP contribution in [0.5, 0.6) is 11.5 Å². The molecule has 544 valence electrons. The third-order valence-electron chi connectivity index (χ3n) is 21.6. The third kappa shape index (κ3) is 15.7. The highest BCUT2D eigenvalue weighted by Crippen LogP contribution is 2.47. The molecule has 3 heterocycles. The molecule has 0 radical (unpaired) electrons. The van der Waals surface area contributed by atoms with Gasteiger partial charge in [0.05, 0.1) is 34.6 Å². The van der Waals surface area contributed by atoms with Gasteiger partial charge in [-0.25, -0.2) is 10.1 Å². The zero-order valence-electron chi connectivity index (χ0n) is 62.8. The predicted octanol–water partition coefficient (Wildman–Crippen LogP) is 4.97. The van der Waals surface area contributed by atoms with Crippen LogP contribution in [0.15, 0.2) is 66.7 Å². The minimum absolute atomic E-state index is 0.00491. The summed E-state index contributed by atoms with van der Waals surface area (Å²) in [5.41, 5.74) is -1.97. The van der Waals surface area contributed by atoms with Crippen molar-refractivity contribution in [1.29, 1.82) is 0 Å². The van der Waals surface area contributed by atoms with Crippen molar-refractivity contribution in [3.8, 4) is 33.8 Å². The molecule has 3 aliphatic heterocycles. The first-order chi connectivity index (χ1) is 47.5. The Morgan fingerprint density at radius 3 is 1.99 bits per heavy atom. The van der Waals surface area contributed by atoms with Crippen molar-refractivity contribution >= 4 is 41.4 Å². The lowest BCUT2D eigenvalue weighted by atomic mass is 9.71. The van der Waals surface area contributed by atoms with Gasteiger partial charge in [-0.1, -0.05) is 104 Å². The van der Waals surface area contributed by atoms with E-state index in [9.17, 15) is 50.9 Å². The maximum Gasteiger partial charge on any atom is 0.252 e. The first-order valence-electron chi connectivity index (χ1n) is 35.6. The monoisotopic (exact) mass is 1380 g/mol. The molecule has 0 bridgehead atoms. The Balaban J connectivity index is 1.34. The Hall–Kier alpha value is -7.59. The van der Waals surface area contributed by atoms with Gasteiger partial charge in [-0.3, -0.25) is 33.6 Å². The average Bonchev–Trinajstić information content (AvgIpc) is 1.56. The lowest BCUT2D eigenvalue weighted by molar-refractivity contribution is -0.307. The number of amides is 7. The highest BCUT2D eigenvalue weighted by atomic mass is 17.1. The molecule has 0 spiro atoms. The summed E-state index contributed by atoms with van der Waals surface area (Å²) in [6.45, 7) is 26.4. The van der Waals surface area contributed by atoms with Gasteiger partial charge in [0.25, 0.3) is 11.8 Å². The molecule has 3 aliphatic rings. The van der Waals surface area contributed by atoms with Crippen molar-refractivity contribution in [2.24, 2.45) is 23.2 Å². The minimum Gasteiger partial charge on any atom is -0.508 e. The number of aromatic hydroxyl groups is 1. The molecule has 3 fully saturated rings. The van der Waals surface area contributed by atoms with Gasteiger partial charge in [-0.15, -0.1) is 0 Å². The van der Waals surface area contributed by atoms with E-state index in [-0.39, 0.29) is 70.8 Å². The molecule has 0 aromatic heterocycles. The van der Waals surface area contributed by atoms with Gasteiger partial charge >= 0.3 is 0 Å². The summed E-state index contributed by atoms with van der Waals surface area (Å²) in [4.78, 5) is 114. The molecule has 4 aromatic carbocycles. The van der Waals surface area contributed by atoms with E-state index in [1.54, 1.807) is 58.9 Å². The Kier molecular flexibility index (Phi) is 23.6. The summed E-state index contributed by atoms with van der Waals surface area (Å²) < 4.78 is 33.1. The maximum absolute atomic E-state index is 15.6. The van der Waals surface area contributed by atoms with Crippen molar-refractivity contribution in [3.63, 3.8) is 0 Å². The van der Waals surface area contributed by atoms with Gasteiger partial charge in [0, 0.05) is 35.9 Å². The number of ether oxygens (including phenoxy) is 1. The smallest absolute Gasteiger partial charge is 0.252 e.